The molecule has 1 aromatic carbocycles. The van der Waals surface area contributed by atoms with Crippen LogP contribution in [0, 0.1) is 12.8 Å². The number of carbonyl (C=O) groups is 3. The summed E-state index contributed by atoms with van der Waals surface area (Å²) in [5, 5.41) is 10.3. The minimum atomic E-state index is -0.865. The summed E-state index contributed by atoms with van der Waals surface area (Å²) < 4.78 is 0. The summed E-state index contributed by atoms with van der Waals surface area (Å²) in [4.78, 5) is 42.4. The second kappa shape index (κ2) is 8.46. The normalized spacial score (nSPS) is 16.9. The van der Waals surface area contributed by atoms with E-state index in [0.717, 1.165) is 16.5 Å². The molecule has 2 aromatic rings. The van der Waals surface area contributed by atoms with Gasteiger partial charge in [-0.15, -0.1) is 0 Å². The molecule has 7 nitrogen and oxygen atoms in total. The van der Waals surface area contributed by atoms with Crippen molar-refractivity contribution in [3.63, 3.8) is 0 Å². The average molecular weight is 385 g/mol. The highest BCUT2D eigenvalue weighted by atomic mass is 16.4. The van der Waals surface area contributed by atoms with Crippen molar-refractivity contribution < 1.29 is 19.5 Å². The first-order valence-corrected chi connectivity index (χ1v) is 9.67. The number of piperidine rings is 1. The number of aromatic amines is 1. The van der Waals surface area contributed by atoms with E-state index in [1.165, 1.54) is 10.5 Å². The predicted molar refractivity (Wildman–Crippen MR) is 106 cm³/mol. The molecule has 0 saturated carbocycles. The molecule has 0 aliphatic carbocycles. The first-order chi connectivity index (χ1) is 13.4. The lowest BCUT2D eigenvalue weighted by Gasteiger charge is -2.32. The Labute approximate surface area is 164 Å². The van der Waals surface area contributed by atoms with Crippen LogP contribution in [0.3, 0.4) is 0 Å². The molecule has 2 amide bonds. The van der Waals surface area contributed by atoms with Crippen molar-refractivity contribution in [3.8, 4) is 0 Å². The van der Waals surface area contributed by atoms with Crippen LogP contribution in [-0.2, 0) is 20.8 Å². The number of amides is 2. The minimum absolute atomic E-state index is 0.0157. The first kappa shape index (κ1) is 19.9. The van der Waals surface area contributed by atoms with Crippen LogP contribution in [0.4, 0.5) is 0 Å². The van der Waals surface area contributed by atoms with Gasteiger partial charge in [-0.3, -0.25) is 14.4 Å². The molecule has 1 unspecified atom stereocenters. The zero-order valence-corrected chi connectivity index (χ0v) is 16.4. The summed E-state index contributed by atoms with van der Waals surface area (Å²) in [6.07, 6.45) is 4.14. The fraction of sp³-hybridized carbons (Fsp3) is 0.476. The predicted octanol–water partition coefficient (Wildman–Crippen LogP) is 2.19. The van der Waals surface area contributed by atoms with Crippen LogP contribution in [-0.4, -0.2) is 64.4 Å². The first-order valence-electron chi connectivity index (χ1n) is 9.67. The molecule has 3 rings (SSSR count). The quantitative estimate of drug-likeness (QED) is 0.797. The number of nitrogens with zero attached hydrogens (tertiary/aromatic N) is 2. The number of hydrogen-bond acceptors (Lipinski definition) is 3. The topological polar surface area (TPSA) is 93.7 Å². The Morgan fingerprint density at radius 1 is 1.32 bits per heavy atom. The molecule has 2 heterocycles. The van der Waals surface area contributed by atoms with E-state index in [1.54, 1.807) is 11.9 Å². The Bertz CT molecular complexity index is 889. The number of fused-ring (bicyclic) bond motifs is 1. The highest BCUT2D eigenvalue weighted by Gasteiger charge is 2.28. The number of aryl methyl sites for hydroxylation is 2. The molecule has 2 N–H and O–H groups in total. The number of carboxylic acid groups (broad SMARTS) is 1. The fourth-order valence-corrected chi connectivity index (χ4v) is 3.80. The van der Waals surface area contributed by atoms with Crippen LogP contribution in [0.5, 0.6) is 0 Å². The Balaban J connectivity index is 1.53. The number of nitrogens with one attached hydrogen (secondary N) is 1. The van der Waals surface area contributed by atoms with Gasteiger partial charge in [0.2, 0.25) is 11.8 Å². The molecule has 0 radical (unpaired) electrons. The van der Waals surface area contributed by atoms with Gasteiger partial charge >= 0.3 is 5.97 Å². The number of hydrogen-bond donors (Lipinski definition) is 2. The number of aromatic nitrogens is 1. The number of likely N-dealkylation sites (N-methyl/N-ethyl adjacent to an activating group) is 1. The van der Waals surface area contributed by atoms with Crippen molar-refractivity contribution in [2.24, 2.45) is 5.92 Å². The number of likely N-dealkylation sites (tertiary alicyclic amines) is 1. The maximum absolute atomic E-state index is 12.5. The largest absolute Gasteiger partial charge is 0.481 e. The smallest absolute Gasteiger partial charge is 0.308 e. The molecule has 1 atom stereocenters. The van der Waals surface area contributed by atoms with Crippen molar-refractivity contribution in [1.82, 2.24) is 14.8 Å². The average Bonchev–Trinajstić information content (AvgIpc) is 3.10. The summed E-state index contributed by atoms with van der Waals surface area (Å²) >= 11 is 0. The fourth-order valence-electron chi connectivity index (χ4n) is 3.80. The van der Waals surface area contributed by atoms with Crippen LogP contribution in [0.1, 0.15) is 30.4 Å². The molecule has 0 spiro atoms. The molecule has 7 heteroatoms. The van der Waals surface area contributed by atoms with Gasteiger partial charge in [0.1, 0.15) is 0 Å². The van der Waals surface area contributed by atoms with Gasteiger partial charge in [0.25, 0.3) is 0 Å². The van der Waals surface area contributed by atoms with Crippen molar-refractivity contribution in [1.29, 1.82) is 0 Å². The molecule has 1 aliphatic heterocycles. The SMILES string of the molecule is Cc1cccc2c(CCC(=O)N(C)CC(=O)N3CCCC(C(=O)O)C3)c[nH]c12. The molecule has 1 fully saturated rings. The number of H-pyrrole nitrogens is 1. The third-order valence-electron chi connectivity index (χ3n) is 5.54. The lowest BCUT2D eigenvalue weighted by atomic mass is 9.98. The molecule has 28 heavy (non-hydrogen) atoms. The van der Waals surface area contributed by atoms with E-state index in [1.807, 2.05) is 31.3 Å². The van der Waals surface area contributed by atoms with Crippen molar-refractivity contribution in [3.05, 3.63) is 35.5 Å². The van der Waals surface area contributed by atoms with Gasteiger partial charge in [0.15, 0.2) is 0 Å². The lowest BCUT2D eigenvalue weighted by molar-refractivity contribution is -0.147. The van der Waals surface area contributed by atoms with Gasteiger partial charge in [-0.1, -0.05) is 18.2 Å². The number of rotatable bonds is 6. The summed E-state index contributed by atoms with van der Waals surface area (Å²) in [6.45, 7) is 2.81. The van der Waals surface area contributed by atoms with Crippen LogP contribution in [0.2, 0.25) is 0 Å². The second-order valence-electron chi connectivity index (χ2n) is 7.58. The molecular weight excluding hydrogens is 358 g/mol. The third kappa shape index (κ3) is 4.35. The summed E-state index contributed by atoms with van der Waals surface area (Å²) in [5.74, 6) is -1.66. The number of carboxylic acids is 1. The van der Waals surface area contributed by atoms with Gasteiger partial charge in [0.05, 0.1) is 12.5 Å². The van der Waals surface area contributed by atoms with E-state index in [9.17, 15) is 14.4 Å². The monoisotopic (exact) mass is 385 g/mol. The van der Waals surface area contributed by atoms with E-state index in [0.29, 0.717) is 32.2 Å². The van der Waals surface area contributed by atoms with Gasteiger partial charge in [-0.2, -0.15) is 0 Å². The molecule has 1 saturated heterocycles. The second-order valence-corrected chi connectivity index (χ2v) is 7.58. The van der Waals surface area contributed by atoms with E-state index in [2.05, 4.69) is 4.98 Å². The van der Waals surface area contributed by atoms with Crippen LogP contribution >= 0.6 is 0 Å². The van der Waals surface area contributed by atoms with Crippen molar-refractivity contribution in [2.75, 3.05) is 26.7 Å². The number of aliphatic carboxylic acids is 1. The standard InChI is InChI=1S/C21H27N3O4/c1-14-5-3-7-17-15(11-22-20(14)17)8-9-18(25)23(2)13-19(26)24-10-4-6-16(12-24)21(27)28/h3,5,7,11,16,22H,4,6,8-10,12-13H2,1-2H3,(H,27,28). The summed E-state index contributed by atoms with van der Waals surface area (Å²) in [7, 11) is 1.62. The highest BCUT2D eigenvalue weighted by molar-refractivity contribution is 5.88. The van der Waals surface area contributed by atoms with Gasteiger partial charge in [-0.25, -0.2) is 0 Å². The number of carbonyl (C=O) groups excluding carboxylic acids is 2. The lowest BCUT2D eigenvalue weighted by Crippen LogP contribution is -2.46. The Morgan fingerprint density at radius 3 is 2.86 bits per heavy atom. The third-order valence-corrected chi connectivity index (χ3v) is 5.54. The maximum Gasteiger partial charge on any atom is 0.308 e. The Kier molecular flexibility index (Phi) is 6.02. The van der Waals surface area contributed by atoms with Crippen LogP contribution in [0.25, 0.3) is 10.9 Å². The van der Waals surface area contributed by atoms with Gasteiger partial charge in [-0.05, 0) is 37.3 Å². The number of benzene rings is 1. The maximum atomic E-state index is 12.5. The molecule has 1 aromatic heterocycles. The van der Waals surface area contributed by atoms with E-state index in [-0.39, 0.29) is 24.9 Å². The highest BCUT2D eigenvalue weighted by Crippen LogP contribution is 2.22. The van der Waals surface area contributed by atoms with Gasteiger partial charge < -0.3 is 19.9 Å². The number of para-hydroxylation sites is 1. The van der Waals surface area contributed by atoms with Gasteiger partial charge in [0, 0.05) is 43.7 Å². The van der Waals surface area contributed by atoms with E-state index >= 15 is 0 Å². The van der Waals surface area contributed by atoms with Crippen LogP contribution < -0.4 is 0 Å². The van der Waals surface area contributed by atoms with Crippen LogP contribution in [0.15, 0.2) is 24.4 Å². The minimum Gasteiger partial charge on any atom is -0.481 e. The molecule has 1 aliphatic rings. The summed E-state index contributed by atoms with van der Waals surface area (Å²) in [6, 6.07) is 6.09. The Hall–Kier alpha value is -2.83. The molecule has 0 bridgehead atoms. The molecular formula is C21H27N3O4. The summed E-state index contributed by atoms with van der Waals surface area (Å²) in [5.41, 5.74) is 3.35. The van der Waals surface area contributed by atoms with Crippen molar-refractivity contribution in [2.45, 2.75) is 32.6 Å². The van der Waals surface area contributed by atoms with E-state index in [4.69, 9.17) is 5.11 Å². The van der Waals surface area contributed by atoms with E-state index < -0.39 is 11.9 Å². The van der Waals surface area contributed by atoms with Crippen molar-refractivity contribution >= 4 is 28.7 Å². The zero-order chi connectivity index (χ0) is 20.3. The zero-order valence-electron chi connectivity index (χ0n) is 16.4. The Morgan fingerprint density at radius 2 is 2.11 bits per heavy atom. The molecule has 150 valence electrons.